The fraction of sp³-hybridized carbons (Fsp3) is 0.409. The molecular weight excluding hydrogens is 324 g/mol. The number of benzene rings is 2. The minimum atomic E-state index is -0.0177. The van der Waals surface area contributed by atoms with E-state index in [-0.39, 0.29) is 11.9 Å². The topological polar surface area (TPSA) is 41.6 Å². The molecule has 1 fully saturated rings. The van der Waals surface area contributed by atoms with Crippen molar-refractivity contribution in [3.05, 3.63) is 64.7 Å². The van der Waals surface area contributed by atoms with E-state index in [4.69, 9.17) is 4.74 Å². The average Bonchev–Trinajstić information content (AvgIpc) is 3.15. The van der Waals surface area contributed by atoms with E-state index >= 15 is 0 Å². The first kappa shape index (κ1) is 18.5. The van der Waals surface area contributed by atoms with Gasteiger partial charge in [0.25, 0.3) is 5.91 Å². The average molecular weight is 352 g/mol. The van der Waals surface area contributed by atoms with E-state index in [0.717, 1.165) is 41.1 Å². The highest BCUT2D eigenvalue weighted by Gasteiger charge is 2.26. The van der Waals surface area contributed by atoms with Crippen LogP contribution in [0.3, 0.4) is 0 Å². The molecule has 1 aliphatic heterocycles. The molecule has 1 amide bonds. The number of likely N-dealkylation sites (tertiary alicyclic amines) is 1. The van der Waals surface area contributed by atoms with Crippen LogP contribution in [0.4, 0.5) is 0 Å². The lowest BCUT2D eigenvalue weighted by atomic mass is 10.0. The highest BCUT2D eigenvalue weighted by molar-refractivity contribution is 5.94. The van der Waals surface area contributed by atoms with Gasteiger partial charge in [-0.15, -0.1) is 0 Å². The summed E-state index contributed by atoms with van der Waals surface area (Å²) in [6.45, 7) is 6.73. The van der Waals surface area contributed by atoms with Gasteiger partial charge >= 0.3 is 0 Å². The maximum absolute atomic E-state index is 12.7. The van der Waals surface area contributed by atoms with Crippen molar-refractivity contribution in [3.63, 3.8) is 0 Å². The number of carbonyl (C=O) groups is 1. The lowest BCUT2D eigenvalue weighted by Gasteiger charge is -2.29. The lowest BCUT2D eigenvalue weighted by molar-refractivity contribution is 0.0937. The SMILES string of the molecule is COc1ccccc1C(CNC(=O)c1cc(C)cc(C)c1)N1CCCC1. The predicted octanol–water partition coefficient (Wildman–Crippen LogP) is 3.88. The Morgan fingerprint density at radius 2 is 1.77 bits per heavy atom. The van der Waals surface area contributed by atoms with Crippen molar-refractivity contribution in [2.75, 3.05) is 26.7 Å². The van der Waals surface area contributed by atoms with E-state index < -0.39 is 0 Å². The maximum atomic E-state index is 12.7. The van der Waals surface area contributed by atoms with Crippen LogP contribution in [0, 0.1) is 13.8 Å². The first-order valence-corrected chi connectivity index (χ1v) is 9.32. The van der Waals surface area contributed by atoms with Crippen molar-refractivity contribution in [1.82, 2.24) is 10.2 Å². The molecule has 2 aromatic carbocycles. The zero-order chi connectivity index (χ0) is 18.5. The number of hydrogen-bond acceptors (Lipinski definition) is 3. The van der Waals surface area contributed by atoms with Gasteiger partial charge in [-0.05, 0) is 58.0 Å². The molecular formula is C22H28N2O2. The van der Waals surface area contributed by atoms with E-state index in [1.54, 1.807) is 7.11 Å². The second-order valence-corrected chi connectivity index (χ2v) is 7.09. The summed E-state index contributed by atoms with van der Waals surface area (Å²) in [5.74, 6) is 0.862. The number of methoxy groups -OCH3 is 1. The van der Waals surface area contributed by atoms with Gasteiger partial charge in [-0.1, -0.05) is 35.4 Å². The van der Waals surface area contributed by atoms with E-state index in [1.165, 1.54) is 12.8 Å². The van der Waals surface area contributed by atoms with E-state index in [9.17, 15) is 4.79 Å². The zero-order valence-corrected chi connectivity index (χ0v) is 15.9. The van der Waals surface area contributed by atoms with Crippen molar-refractivity contribution in [2.24, 2.45) is 0 Å². The third-order valence-electron chi connectivity index (χ3n) is 5.02. The number of rotatable bonds is 6. The Morgan fingerprint density at radius 1 is 1.12 bits per heavy atom. The first-order chi connectivity index (χ1) is 12.6. The summed E-state index contributed by atoms with van der Waals surface area (Å²) in [7, 11) is 1.70. The lowest BCUT2D eigenvalue weighted by Crippen LogP contribution is -2.37. The molecule has 0 saturated carbocycles. The van der Waals surface area contributed by atoms with Gasteiger partial charge in [0.05, 0.1) is 13.2 Å². The summed E-state index contributed by atoms with van der Waals surface area (Å²) in [4.78, 5) is 15.1. The number of para-hydroxylation sites is 1. The van der Waals surface area contributed by atoms with Crippen LogP contribution in [0.15, 0.2) is 42.5 Å². The number of ether oxygens (including phenoxy) is 1. The van der Waals surface area contributed by atoms with Crippen molar-refractivity contribution >= 4 is 5.91 Å². The fourth-order valence-electron chi connectivity index (χ4n) is 3.83. The molecule has 2 aromatic rings. The fourth-order valence-corrected chi connectivity index (χ4v) is 3.83. The molecule has 3 rings (SSSR count). The molecule has 1 saturated heterocycles. The third kappa shape index (κ3) is 4.25. The minimum absolute atomic E-state index is 0.0177. The van der Waals surface area contributed by atoms with Crippen molar-refractivity contribution in [1.29, 1.82) is 0 Å². The minimum Gasteiger partial charge on any atom is -0.496 e. The number of nitrogens with zero attached hydrogens (tertiary/aromatic N) is 1. The molecule has 0 spiro atoms. The molecule has 26 heavy (non-hydrogen) atoms. The third-order valence-corrected chi connectivity index (χ3v) is 5.02. The molecule has 0 bridgehead atoms. The summed E-state index contributed by atoms with van der Waals surface area (Å²) in [5, 5.41) is 3.14. The van der Waals surface area contributed by atoms with Crippen LogP contribution in [0.25, 0.3) is 0 Å². The molecule has 4 heteroatoms. The van der Waals surface area contributed by atoms with Crippen molar-refractivity contribution in [2.45, 2.75) is 32.7 Å². The summed E-state index contributed by atoms with van der Waals surface area (Å²) in [5.41, 5.74) is 4.08. The van der Waals surface area contributed by atoms with Gasteiger partial charge in [0.15, 0.2) is 0 Å². The molecule has 1 heterocycles. The van der Waals surface area contributed by atoms with Gasteiger partial charge in [0.2, 0.25) is 0 Å². The van der Waals surface area contributed by atoms with Gasteiger partial charge in [-0.3, -0.25) is 9.69 Å². The zero-order valence-electron chi connectivity index (χ0n) is 15.9. The quantitative estimate of drug-likeness (QED) is 0.858. The Kier molecular flexibility index (Phi) is 5.94. The molecule has 138 valence electrons. The Hall–Kier alpha value is -2.33. The summed E-state index contributed by atoms with van der Waals surface area (Å²) < 4.78 is 5.57. The molecule has 0 radical (unpaired) electrons. The number of aryl methyl sites for hydroxylation is 2. The monoisotopic (exact) mass is 352 g/mol. The van der Waals surface area contributed by atoms with Crippen molar-refractivity contribution in [3.8, 4) is 5.75 Å². The smallest absolute Gasteiger partial charge is 0.251 e. The van der Waals surface area contributed by atoms with Crippen LogP contribution in [-0.4, -0.2) is 37.6 Å². The Labute approximate surface area is 156 Å². The Morgan fingerprint density at radius 3 is 2.42 bits per heavy atom. The van der Waals surface area contributed by atoms with Crippen LogP contribution in [0.1, 0.15) is 45.9 Å². The van der Waals surface area contributed by atoms with Gasteiger partial charge in [-0.25, -0.2) is 0 Å². The predicted molar refractivity (Wildman–Crippen MR) is 105 cm³/mol. The Bertz CT molecular complexity index is 746. The number of nitrogens with one attached hydrogen (secondary N) is 1. The van der Waals surface area contributed by atoms with Crippen LogP contribution >= 0.6 is 0 Å². The number of amides is 1. The summed E-state index contributed by atoms with van der Waals surface area (Å²) >= 11 is 0. The number of carbonyl (C=O) groups excluding carboxylic acids is 1. The molecule has 1 aliphatic rings. The molecule has 1 atom stereocenters. The molecule has 0 aromatic heterocycles. The second-order valence-electron chi connectivity index (χ2n) is 7.09. The van der Waals surface area contributed by atoms with E-state index in [2.05, 4.69) is 22.3 Å². The number of hydrogen-bond donors (Lipinski definition) is 1. The van der Waals surface area contributed by atoms with E-state index in [0.29, 0.717) is 6.54 Å². The van der Waals surface area contributed by atoms with E-state index in [1.807, 2.05) is 44.2 Å². The maximum Gasteiger partial charge on any atom is 0.251 e. The van der Waals surface area contributed by atoms with Gasteiger partial charge in [0, 0.05) is 17.7 Å². The second kappa shape index (κ2) is 8.37. The summed E-state index contributed by atoms with van der Waals surface area (Å²) in [6.07, 6.45) is 2.41. The Balaban J connectivity index is 1.79. The van der Waals surface area contributed by atoms with Crippen LogP contribution in [0.5, 0.6) is 5.75 Å². The highest BCUT2D eigenvalue weighted by atomic mass is 16.5. The first-order valence-electron chi connectivity index (χ1n) is 9.32. The van der Waals surface area contributed by atoms with Gasteiger partial charge in [-0.2, -0.15) is 0 Å². The highest BCUT2D eigenvalue weighted by Crippen LogP contribution is 2.31. The molecule has 1 unspecified atom stereocenters. The van der Waals surface area contributed by atoms with Gasteiger partial charge < -0.3 is 10.1 Å². The van der Waals surface area contributed by atoms with Crippen molar-refractivity contribution < 1.29 is 9.53 Å². The van der Waals surface area contributed by atoms with Crippen LogP contribution in [-0.2, 0) is 0 Å². The normalized spacial score (nSPS) is 15.7. The van der Waals surface area contributed by atoms with Crippen LogP contribution < -0.4 is 10.1 Å². The molecule has 1 N–H and O–H groups in total. The summed E-state index contributed by atoms with van der Waals surface area (Å²) in [6, 6.07) is 14.2. The largest absolute Gasteiger partial charge is 0.496 e. The van der Waals surface area contributed by atoms with Crippen LogP contribution in [0.2, 0.25) is 0 Å². The molecule has 4 nitrogen and oxygen atoms in total. The van der Waals surface area contributed by atoms with Gasteiger partial charge in [0.1, 0.15) is 5.75 Å². The standard InChI is InChI=1S/C22H28N2O2/c1-16-12-17(2)14-18(13-16)22(25)23-15-20(24-10-6-7-11-24)19-8-4-5-9-21(19)26-3/h4-5,8-9,12-14,20H,6-7,10-11,15H2,1-3H3,(H,23,25). The molecule has 0 aliphatic carbocycles.